The van der Waals surface area contributed by atoms with Crippen LogP contribution >= 0.6 is 11.6 Å². The van der Waals surface area contributed by atoms with Crippen LogP contribution in [-0.2, 0) is 30.9 Å². The third kappa shape index (κ3) is 17.2. The quantitative estimate of drug-likeness (QED) is 0.0310. The Kier molecular flexibility index (Phi) is 23.5. The molecule has 23 nitrogen and oxygen atoms in total. The maximum Gasteiger partial charge on any atom is 0.415 e. The number of hydrogen-bond acceptors (Lipinski definition) is 18. The fourth-order valence-electron chi connectivity index (χ4n) is 9.61. The number of methoxy groups -OCH3 is 2. The Morgan fingerprint density at radius 2 is 0.956 bits per heavy atom. The van der Waals surface area contributed by atoms with Crippen LogP contribution in [0.5, 0.6) is 11.5 Å². The molecule has 0 saturated heterocycles. The summed E-state index contributed by atoms with van der Waals surface area (Å²) in [4.78, 5) is 61.7. The Bertz CT molecular complexity index is 4050. The van der Waals surface area contributed by atoms with Gasteiger partial charge in [0, 0.05) is 54.4 Å². The van der Waals surface area contributed by atoms with E-state index in [9.17, 15) is 34.6 Å². The number of nitro benzene ring substituents is 2. The standard InChI is InChI=1S/C35H34N6O6.C30H26N6O4.CH3Cl.CH4O/c1-23(42)28-11-8-12-31(41(44)45)32(28)39(34(43)47-35(2,3)4)21-24-13-17-26(18-14-24)29-9-6-7-10-30(29)33-36-37-38-40(33)22-25-15-19-27(46-5)20-16-25;1-20(37)25-8-5-9-28(36(38)39)29(25)31-18-21-10-14-23(15-11-21)26-6-3-4-7-27(26)30-32-33-34-35(30)19-22-12-16-24(40-2)17-13-22;2*1-2/h6-20H,21-22H2,1-5H3;3-17,31H,18-19H2,1-2H3;1H3;2H,1H3. The summed E-state index contributed by atoms with van der Waals surface area (Å²) in [5.41, 5.74) is 8.03. The molecule has 0 bridgehead atoms. The van der Waals surface area contributed by atoms with Crippen molar-refractivity contribution in [2.24, 2.45) is 0 Å². The molecule has 0 spiro atoms. The van der Waals surface area contributed by atoms with Gasteiger partial charge in [0.25, 0.3) is 11.4 Å². The lowest BCUT2D eigenvalue weighted by atomic mass is 9.98. The Balaban J connectivity index is 0.000000248. The van der Waals surface area contributed by atoms with Crippen LogP contribution in [0, 0.1) is 20.2 Å². The van der Waals surface area contributed by atoms with E-state index in [2.05, 4.69) is 48.0 Å². The number of aliphatic hydroxyl groups is 1. The van der Waals surface area contributed by atoms with E-state index in [4.69, 9.17) is 19.3 Å². The zero-order valence-electron chi connectivity index (χ0n) is 51.5. The lowest BCUT2D eigenvalue weighted by Gasteiger charge is -2.28. The molecule has 10 rings (SSSR count). The molecule has 0 fully saturated rings. The van der Waals surface area contributed by atoms with E-state index in [-0.39, 0.29) is 46.2 Å². The van der Waals surface area contributed by atoms with Crippen LogP contribution in [0.25, 0.3) is 45.0 Å². The van der Waals surface area contributed by atoms with Crippen LogP contribution in [-0.4, -0.2) is 106 Å². The van der Waals surface area contributed by atoms with Gasteiger partial charge in [-0.1, -0.05) is 133 Å². The van der Waals surface area contributed by atoms with Gasteiger partial charge in [-0.3, -0.25) is 34.7 Å². The smallest absolute Gasteiger partial charge is 0.415 e. The van der Waals surface area contributed by atoms with E-state index < -0.39 is 27.3 Å². The number of aliphatic hydroxyl groups excluding tert-OH is 1. The lowest BCUT2D eigenvalue weighted by Crippen LogP contribution is -2.37. The highest BCUT2D eigenvalue weighted by molar-refractivity contribution is 6.15. The van der Waals surface area contributed by atoms with E-state index in [1.807, 2.05) is 146 Å². The first-order chi connectivity index (χ1) is 43.9. The number of amides is 1. The molecule has 0 aliphatic heterocycles. The van der Waals surface area contributed by atoms with Gasteiger partial charge < -0.3 is 24.6 Å². The van der Waals surface area contributed by atoms with Gasteiger partial charge in [-0.25, -0.2) is 14.2 Å². The molecule has 0 atom stereocenters. The Labute approximate surface area is 530 Å². The van der Waals surface area contributed by atoms with Crippen molar-refractivity contribution >= 4 is 52.0 Å². The van der Waals surface area contributed by atoms with Gasteiger partial charge in [0.1, 0.15) is 28.5 Å². The van der Waals surface area contributed by atoms with Crippen LogP contribution in [0.2, 0.25) is 0 Å². The second-order valence-corrected chi connectivity index (χ2v) is 20.9. The van der Waals surface area contributed by atoms with Gasteiger partial charge in [0.15, 0.2) is 23.2 Å². The lowest BCUT2D eigenvalue weighted by molar-refractivity contribution is -0.384. The number of nitro groups is 2. The molecule has 0 unspecified atom stereocenters. The summed E-state index contributed by atoms with van der Waals surface area (Å²) in [7, 11) is 4.25. The number of carbonyl (C=O) groups excluding carboxylic acids is 3. The molecular formula is C67H67ClN12O11. The predicted molar refractivity (Wildman–Crippen MR) is 347 cm³/mol. The molecule has 0 radical (unpaired) electrons. The average Bonchev–Trinajstić information content (AvgIpc) is 1.68. The molecule has 10 aromatic rings. The zero-order chi connectivity index (χ0) is 65.8. The number of anilines is 2. The van der Waals surface area contributed by atoms with Crippen molar-refractivity contribution in [2.75, 3.05) is 37.9 Å². The molecule has 8 aromatic carbocycles. The number of Topliss-reactive ketones (excluding diaryl/α,β-unsaturated/α-hetero) is 2. The number of para-hydroxylation sites is 2. The number of benzene rings is 8. The van der Waals surface area contributed by atoms with Crippen molar-refractivity contribution in [3.63, 3.8) is 0 Å². The summed E-state index contributed by atoms with van der Waals surface area (Å²) in [5, 5.41) is 58.6. The topological polar surface area (TPSA) is 288 Å². The van der Waals surface area contributed by atoms with Gasteiger partial charge >= 0.3 is 6.09 Å². The number of ether oxygens (including phenoxy) is 3. The number of aromatic nitrogens is 8. The number of ketones is 2. The molecule has 468 valence electrons. The summed E-state index contributed by atoms with van der Waals surface area (Å²) in [6, 6.07) is 55.0. The van der Waals surface area contributed by atoms with E-state index >= 15 is 0 Å². The first-order valence-corrected chi connectivity index (χ1v) is 28.9. The molecule has 2 aromatic heterocycles. The third-order valence-electron chi connectivity index (χ3n) is 13.8. The van der Waals surface area contributed by atoms with Crippen LogP contribution in [0.3, 0.4) is 0 Å². The number of halogens is 1. The van der Waals surface area contributed by atoms with E-state index in [1.165, 1.54) is 50.6 Å². The van der Waals surface area contributed by atoms with Crippen molar-refractivity contribution in [1.82, 2.24) is 40.4 Å². The summed E-state index contributed by atoms with van der Waals surface area (Å²) in [6.07, 6.45) is 0.660. The minimum atomic E-state index is -0.883. The van der Waals surface area contributed by atoms with Gasteiger partial charge in [-0.15, -0.1) is 21.8 Å². The van der Waals surface area contributed by atoms with E-state index in [0.717, 1.165) is 73.6 Å². The zero-order valence-corrected chi connectivity index (χ0v) is 52.2. The summed E-state index contributed by atoms with van der Waals surface area (Å²) < 4.78 is 19.6. The molecule has 0 aliphatic rings. The van der Waals surface area contributed by atoms with Gasteiger partial charge in [-0.2, -0.15) is 0 Å². The fourth-order valence-corrected chi connectivity index (χ4v) is 9.61. The number of nitrogens with zero attached hydrogens (tertiary/aromatic N) is 11. The van der Waals surface area contributed by atoms with Crippen molar-refractivity contribution in [3.05, 3.63) is 236 Å². The predicted octanol–water partition coefficient (Wildman–Crippen LogP) is 13.4. The van der Waals surface area contributed by atoms with Crippen LogP contribution < -0.4 is 19.7 Å². The fraction of sp³-hybridized carbons (Fsp3) is 0.209. The largest absolute Gasteiger partial charge is 0.497 e. The molecule has 2 heterocycles. The molecule has 91 heavy (non-hydrogen) atoms. The maximum atomic E-state index is 13.5. The summed E-state index contributed by atoms with van der Waals surface area (Å²) in [6.45, 7) is 8.98. The van der Waals surface area contributed by atoms with Crippen molar-refractivity contribution < 1.29 is 43.5 Å². The molecule has 24 heteroatoms. The number of alkyl halides is 1. The summed E-state index contributed by atoms with van der Waals surface area (Å²) in [5.74, 6) is 2.11. The maximum absolute atomic E-state index is 13.5. The van der Waals surface area contributed by atoms with Crippen LogP contribution in [0.1, 0.15) is 77.6 Å². The highest BCUT2D eigenvalue weighted by atomic mass is 35.5. The normalized spacial score (nSPS) is 10.6. The second-order valence-electron chi connectivity index (χ2n) is 20.9. The third-order valence-corrected chi connectivity index (χ3v) is 13.8. The minimum Gasteiger partial charge on any atom is -0.497 e. The van der Waals surface area contributed by atoms with Crippen molar-refractivity contribution in [2.45, 2.75) is 66.4 Å². The van der Waals surface area contributed by atoms with Crippen molar-refractivity contribution in [1.29, 1.82) is 0 Å². The molecule has 0 saturated carbocycles. The number of nitrogens with one attached hydrogen (secondary N) is 1. The highest BCUT2D eigenvalue weighted by Crippen LogP contribution is 2.37. The minimum absolute atomic E-state index is 0.0444. The monoisotopic (exact) mass is 1250 g/mol. The van der Waals surface area contributed by atoms with Crippen LogP contribution in [0.4, 0.5) is 27.5 Å². The van der Waals surface area contributed by atoms with Gasteiger partial charge in [0.05, 0.1) is 43.7 Å². The second kappa shape index (κ2) is 31.7. The number of tetrazole rings is 2. The molecule has 1 amide bonds. The Morgan fingerprint density at radius 1 is 0.549 bits per heavy atom. The molecule has 0 aliphatic carbocycles. The number of carbonyl (C=O) groups is 3. The van der Waals surface area contributed by atoms with E-state index in [0.29, 0.717) is 36.8 Å². The van der Waals surface area contributed by atoms with Crippen LogP contribution in [0.15, 0.2) is 182 Å². The molecule has 2 N–H and O–H groups in total. The number of rotatable bonds is 20. The highest BCUT2D eigenvalue weighted by Gasteiger charge is 2.33. The number of hydrogen-bond donors (Lipinski definition) is 2. The van der Waals surface area contributed by atoms with Gasteiger partial charge in [0.2, 0.25) is 0 Å². The summed E-state index contributed by atoms with van der Waals surface area (Å²) >= 11 is 4.64. The first-order valence-electron chi connectivity index (χ1n) is 28.2. The van der Waals surface area contributed by atoms with E-state index in [1.54, 1.807) is 50.4 Å². The Morgan fingerprint density at radius 3 is 1.37 bits per heavy atom. The average molecular weight is 1250 g/mol. The first kappa shape index (κ1) is 67.5. The molecular weight excluding hydrogens is 1180 g/mol. The van der Waals surface area contributed by atoms with Gasteiger partial charge in [-0.05, 0) is 136 Å². The van der Waals surface area contributed by atoms with Crippen molar-refractivity contribution in [3.8, 4) is 56.5 Å². The Hall–Kier alpha value is -11.0. The SMILES string of the molecule is CCl.CO.COc1ccc(Cn2nnnc2-c2ccccc2-c2ccc(CN(C(=O)OC(C)(C)C)c3c(C(C)=O)cccc3[N+](=O)[O-])cc2)cc1.COc1ccc(Cn2nnnc2-c2ccccc2-c2ccc(CNc3c(C(C)=O)cccc3[N+](=O)[O-])cc2)cc1.